The summed E-state index contributed by atoms with van der Waals surface area (Å²) < 4.78 is 25.3. The summed E-state index contributed by atoms with van der Waals surface area (Å²) >= 11 is 0. The van der Waals surface area contributed by atoms with Crippen LogP contribution in [0.5, 0.6) is 0 Å². The molecule has 5 nitrogen and oxygen atoms in total. The Bertz CT molecular complexity index is 339. The summed E-state index contributed by atoms with van der Waals surface area (Å²) in [5, 5.41) is 8.51. The fraction of sp³-hybridized carbons (Fsp3) is 0.900. The first-order chi connectivity index (χ1) is 7.43. The predicted octanol–water partition coefficient (Wildman–Crippen LogP) is 1.06. The first kappa shape index (κ1) is 13.4. The van der Waals surface area contributed by atoms with Gasteiger partial charge in [0.05, 0.1) is 12.2 Å². The number of sulfonamides is 1. The van der Waals surface area contributed by atoms with E-state index in [9.17, 15) is 13.2 Å². The van der Waals surface area contributed by atoms with Gasteiger partial charge in [0, 0.05) is 12.6 Å². The lowest BCUT2D eigenvalue weighted by Crippen LogP contribution is -2.40. The van der Waals surface area contributed by atoms with Crippen molar-refractivity contribution in [2.75, 3.05) is 12.3 Å². The van der Waals surface area contributed by atoms with Gasteiger partial charge in [-0.3, -0.25) is 4.79 Å². The number of hydrogen-bond acceptors (Lipinski definition) is 3. The minimum Gasteiger partial charge on any atom is -0.481 e. The number of rotatable bonds is 4. The van der Waals surface area contributed by atoms with E-state index in [-0.39, 0.29) is 18.2 Å². The van der Waals surface area contributed by atoms with Crippen LogP contribution in [0.1, 0.15) is 39.0 Å². The molecule has 1 unspecified atom stereocenters. The minimum atomic E-state index is -3.40. The Morgan fingerprint density at radius 1 is 1.38 bits per heavy atom. The molecule has 1 fully saturated rings. The second-order valence-corrected chi connectivity index (χ2v) is 6.31. The van der Waals surface area contributed by atoms with Crippen LogP contribution < -0.4 is 0 Å². The lowest BCUT2D eigenvalue weighted by atomic mass is 10.1. The van der Waals surface area contributed by atoms with Crippen molar-refractivity contribution in [3.8, 4) is 0 Å². The van der Waals surface area contributed by atoms with Crippen LogP contribution >= 0.6 is 0 Å². The van der Waals surface area contributed by atoms with E-state index in [4.69, 9.17) is 5.11 Å². The summed E-state index contributed by atoms with van der Waals surface area (Å²) in [5.74, 6) is -1.35. The molecule has 1 rings (SSSR count). The third kappa shape index (κ3) is 3.75. The highest BCUT2D eigenvalue weighted by atomic mass is 32.2. The van der Waals surface area contributed by atoms with Crippen LogP contribution in [0.3, 0.4) is 0 Å². The van der Waals surface area contributed by atoms with Gasteiger partial charge in [0.25, 0.3) is 0 Å². The summed E-state index contributed by atoms with van der Waals surface area (Å²) in [6, 6.07) is 0.00120. The van der Waals surface area contributed by atoms with Crippen LogP contribution in [-0.4, -0.2) is 42.1 Å². The third-order valence-electron chi connectivity index (χ3n) is 2.92. The van der Waals surface area contributed by atoms with E-state index in [0.29, 0.717) is 6.54 Å². The van der Waals surface area contributed by atoms with Gasteiger partial charge in [0.2, 0.25) is 10.0 Å². The van der Waals surface area contributed by atoms with Gasteiger partial charge in [-0.2, -0.15) is 4.31 Å². The van der Waals surface area contributed by atoms with Gasteiger partial charge in [-0.1, -0.05) is 12.8 Å². The molecule has 0 spiro atoms. The van der Waals surface area contributed by atoms with Crippen LogP contribution in [0.25, 0.3) is 0 Å². The van der Waals surface area contributed by atoms with Crippen LogP contribution in [0.15, 0.2) is 0 Å². The Balaban J connectivity index is 2.68. The zero-order valence-corrected chi connectivity index (χ0v) is 10.4. The highest BCUT2D eigenvalue weighted by Gasteiger charge is 2.28. The second kappa shape index (κ2) is 5.63. The van der Waals surface area contributed by atoms with Gasteiger partial charge in [-0.15, -0.1) is 0 Å². The Labute approximate surface area is 96.5 Å². The molecule has 1 atom stereocenters. The summed E-state index contributed by atoms with van der Waals surface area (Å²) in [4.78, 5) is 10.4. The van der Waals surface area contributed by atoms with Gasteiger partial charge in [-0.05, 0) is 19.8 Å². The van der Waals surface area contributed by atoms with Crippen molar-refractivity contribution in [2.45, 2.75) is 45.1 Å². The molecule has 94 valence electrons. The number of carboxylic acid groups (broad SMARTS) is 1. The molecule has 1 heterocycles. The van der Waals surface area contributed by atoms with Crippen LogP contribution in [0.2, 0.25) is 0 Å². The molecule has 0 saturated carbocycles. The minimum absolute atomic E-state index is 0.00120. The SMILES string of the molecule is CC1CCCCCN1S(=O)(=O)CCC(=O)O. The zero-order chi connectivity index (χ0) is 12.2. The topological polar surface area (TPSA) is 74.7 Å². The summed E-state index contributed by atoms with van der Waals surface area (Å²) in [7, 11) is -3.40. The van der Waals surface area contributed by atoms with E-state index in [1.54, 1.807) is 0 Å². The smallest absolute Gasteiger partial charge is 0.304 e. The van der Waals surface area contributed by atoms with Gasteiger partial charge in [0.1, 0.15) is 0 Å². The van der Waals surface area contributed by atoms with Crippen molar-refractivity contribution in [1.82, 2.24) is 4.31 Å². The molecule has 0 amide bonds. The van der Waals surface area contributed by atoms with Crippen LogP contribution in [0.4, 0.5) is 0 Å². The lowest BCUT2D eigenvalue weighted by molar-refractivity contribution is -0.136. The number of aliphatic carboxylic acids is 1. The van der Waals surface area contributed by atoms with Gasteiger partial charge in [0.15, 0.2) is 0 Å². The maximum Gasteiger partial charge on any atom is 0.304 e. The summed E-state index contributed by atoms with van der Waals surface area (Å²) in [5.41, 5.74) is 0. The standard InChI is InChI=1S/C10H19NO4S/c1-9-5-3-2-4-7-11(9)16(14,15)8-6-10(12)13/h9H,2-8H2,1H3,(H,12,13). The Kier molecular flexibility index (Phi) is 4.73. The van der Waals surface area contributed by atoms with Crippen molar-refractivity contribution in [2.24, 2.45) is 0 Å². The monoisotopic (exact) mass is 249 g/mol. The number of carboxylic acids is 1. The molecule has 0 aromatic heterocycles. The fourth-order valence-corrected chi connectivity index (χ4v) is 3.72. The molecule has 0 bridgehead atoms. The molecule has 0 aromatic carbocycles. The molecule has 16 heavy (non-hydrogen) atoms. The van der Waals surface area contributed by atoms with Crippen molar-refractivity contribution >= 4 is 16.0 Å². The first-order valence-corrected chi connectivity index (χ1v) is 7.26. The Hall–Kier alpha value is -0.620. The Morgan fingerprint density at radius 3 is 2.69 bits per heavy atom. The van der Waals surface area contributed by atoms with Crippen molar-refractivity contribution in [1.29, 1.82) is 0 Å². The molecule has 0 radical (unpaired) electrons. The van der Waals surface area contributed by atoms with E-state index in [1.165, 1.54) is 4.31 Å². The van der Waals surface area contributed by atoms with E-state index < -0.39 is 16.0 Å². The maximum atomic E-state index is 11.9. The van der Waals surface area contributed by atoms with Gasteiger partial charge < -0.3 is 5.11 Å². The molecular formula is C10H19NO4S. The summed E-state index contributed by atoms with van der Waals surface area (Å²) in [6.45, 7) is 2.42. The van der Waals surface area contributed by atoms with Crippen molar-refractivity contribution in [3.05, 3.63) is 0 Å². The molecule has 6 heteroatoms. The zero-order valence-electron chi connectivity index (χ0n) is 9.55. The number of carbonyl (C=O) groups is 1. The average Bonchev–Trinajstić information content (AvgIpc) is 2.40. The number of nitrogens with zero attached hydrogens (tertiary/aromatic N) is 1. The first-order valence-electron chi connectivity index (χ1n) is 5.65. The summed E-state index contributed by atoms with van der Waals surface area (Å²) in [6.07, 6.45) is 3.52. The normalized spacial score (nSPS) is 23.9. The lowest BCUT2D eigenvalue weighted by Gasteiger charge is -2.25. The predicted molar refractivity (Wildman–Crippen MR) is 60.7 cm³/mol. The van der Waals surface area contributed by atoms with Gasteiger partial charge in [-0.25, -0.2) is 8.42 Å². The van der Waals surface area contributed by atoms with E-state index in [0.717, 1.165) is 25.7 Å². The third-order valence-corrected chi connectivity index (χ3v) is 4.90. The molecule has 1 saturated heterocycles. The second-order valence-electron chi connectivity index (χ2n) is 4.27. The maximum absolute atomic E-state index is 11.9. The van der Waals surface area contributed by atoms with E-state index in [1.807, 2.05) is 6.92 Å². The van der Waals surface area contributed by atoms with Crippen molar-refractivity contribution in [3.63, 3.8) is 0 Å². The quantitative estimate of drug-likeness (QED) is 0.808. The molecule has 1 aliphatic rings. The van der Waals surface area contributed by atoms with Crippen molar-refractivity contribution < 1.29 is 18.3 Å². The largest absolute Gasteiger partial charge is 0.481 e. The van der Waals surface area contributed by atoms with Gasteiger partial charge >= 0.3 is 5.97 Å². The van der Waals surface area contributed by atoms with E-state index >= 15 is 0 Å². The molecular weight excluding hydrogens is 230 g/mol. The Morgan fingerprint density at radius 2 is 2.06 bits per heavy atom. The average molecular weight is 249 g/mol. The van der Waals surface area contributed by atoms with E-state index in [2.05, 4.69) is 0 Å². The fourth-order valence-electron chi connectivity index (χ4n) is 2.00. The molecule has 0 aliphatic carbocycles. The number of hydrogen-bond donors (Lipinski definition) is 1. The molecule has 1 N–H and O–H groups in total. The molecule has 0 aromatic rings. The molecule has 1 aliphatic heterocycles. The van der Waals surface area contributed by atoms with Crippen LogP contribution in [0, 0.1) is 0 Å². The highest BCUT2D eigenvalue weighted by Crippen LogP contribution is 2.20. The van der Waals surface area contributed by atoms with Crippen LogP contribution in [-0.2, 0) is 14.8 Å². The highest BCUT2D eigenvalue weighted by molar-refractivity contribution is 7.89.